The van der Waals surface area contributed by atoms with Crippen LogP contribution in [0.3, 0.4) is 0 Å². The summed E-state index contributed by atoms with van der Waals surface area (Å²) < 4.78 is 16.2. The molecule has 0 bridgehead atoms. The lowest BCUT2D eigenvalue weighted by atomic mass is 10.1. The smallest absolute Gasteiger partial charge is 0.231 e. The highest BCUT2D eigenvalue weighted by molar-refractivity contribution is 5.44. The molecule has 4 nitrogen and oxygen atoms in total. The van der Waals surface area contributed by atoms with Gasteiger partial charge in [-0.2, -0.15) is 0 Å². The summed E-state index contributed by atoms with van der Waals surface area (Å²) in [6.07, 6.45) is 1.02. The van der Waals surface area contributed by atoms with Crippen molar-refractivity contribution in [1.29, 1.82) is 0 Å². The zero-order valence-electron chi connectivity index (χ0n) is 11.7. The third kappa shape index (κ3) is 2.54. The average molecular weight is 283 g/mol. The molecule has 0 saturated carbocycles. The van der Waals surface area contributed by atoms with Crippen molar-refractivity contribution in [2.24, 2.45) is 0 Å². The van der Waals surface area contributed by atoms with Crippen LogP contribution in [0.5, 0.6) is 17.2 Å². The van der Waals surface area contributed by atoms with Gasteiger partial charge >= 0.3 is 0 Å². The van der Waals surface area contributed by atoms with E-state index in [0.717, 1.165) is 43.4 Å². The molecule has 0 aliphatic carbocycles. The molecule has 2 aromatic rings. The number of benzene rings is 2. The molecule has 4 heteroatoms. The van der Waals surface area contributed by atoms with E-state index in [4.69, 9.17) is 14.2 Å². The number of fused-ring (bicyclic) bond motifs is 2. The van der Waals surface area contributed by atoms with Gasteiger partial charge in [0, 0.05) is 19.5 Å². The summed E-state index contributed by atoms with van der Waals surface area (Å²) in [7, 11) is 0. The first-order valence-corrected chi connectivity index (χ1v) is 7.22. The van der Waals surface area contributed by atoms with Crippen molar-refractivity contribution in [2.45, 2.75) is 19.5 Å². The van der Waals surface area contributed by atoms with Gasteiger partial charge in [0.1, 0.15) is 5.75 Å². The van der Waals surface area contributed by atoms with E-state index in [2.05, 4.69) is 29.6 Å². The van der Waals surface area contributed by atoms with E-state index in [1.54, 1.807) is 0 Å². The van der Waals surface area contributed by atoms with Crippen molar-refractivity contribution in [2.75, 3.05) is 13.4 Å². The highest BCUT2D eigenvalue weighted by atomic mass is 16.7. The Labute approximate surface area is 123 Å². The molecule has 0 spiro atoms. The van der Waals surface area contributed by atoms with Gasteiger partial charge in [-0.1, -0.05) is 18.2 Å². The van der Waals surface area contributed by atoms with Crippen LogP contribution in [0.2, 0.25) is 0 Å². The second-order valence-electron chi connectivity index (χ2n) is 5.33. The van der Waals surface area contributed by atoms with Crippen molar-refractivity contribution in [1.82, 2.24) is 5.32 Å². The molecule has 0 radical (unpaired) electrons. The van der Waals surface area contributed by atoms with Crippen LogP contribution in [-0.2, 0) is 19.5 Å². The second-order valence-corrected chi connectivity index (χ2v) is 5.33. The highest BCUT2D eigenvalue weighted by Crippen LogP contribution is 2.32. The SMILES string of the molecule is c1cc2c(cc1CNCc1ccc3c(c1)OCO3)CCO2. The fourth-order valence-corrected chi connectivity index (χ4v) is 2.75. The summed E-state index contributed by atoms with van der Waals surface area (Å²) in [5, 5.41) is 3.46. The Kier molecular flexibility index (Phi) is 3.16. The van der Waals surface area contributed by atoms with Crippen LogP contribution in [0.15, 0.2) is 36.4 Å². The van der Waals surface area contributed by atoms with Crippen LogP contribution < -0.4 is 19.5 Å². The summed E-state index contributed by atoms with van der Waals surface area (Å²) in [6.45, 7) is 2.79. The molecule has 2 aliphatic heterocycles. The molecule has 0 amide bonds. The topological polar surface area (TPSA) is 39.7 Å². The number of nitrogens with one attached hydrogen (secondary N) is 1. The molecule has 4 rings (SSSR count). The van der Waals surface area contributed by atoms with E-state index in [9.17, 15) is 0 Å². The monoisotopic (exact) mass is 283 g/mol. The minimum Gasteiger partial charge on any atom is -0.493 e. The largest absolute Gasteiger partial charge is 0.493 e. The first-order chi connectivity index (χ1) is 10.4. The Bertz CT molecular complexity index is 612. The van der Waals surface area contributed by atoms with Crippen molar-refractivity contribution < 1.29 is 14.2 Å². The molecule has 0 unspecified atom stereocenters. The highest BCUT2D eigenvalue weighted by Gasteiger charge is 2.13. The third-order valence-corrected chi connectivity index (χ3v) is 3.85. The predicted molar refractivity (Wildman–Crippen MR) is 78.7 cm³/mol. The molecule has 108 valence electrons. The number of rotatable bonds is 4. The van der Waals surface area contributed by atoms with E-state index >= 15 is 0 Å². The third-order valence-electron chi connectivity index (χ3n) is 3.85. The maximum atomic E-state index is 5.52. The molecule has 2 aliphatic rings. The van der Waals surface area contributed by atoms with Crippen molar-refractivity contribution in [3.05, 3.63) is 53.1 Å². The van der Waals surface area contributed by atoms with Crippen molar-refractivity contribution in [3.8, 4) is 17.2 Å². The molecular formula is C17H17NO3. The van der Waals surface area contributed by atoms with Crippen LogP contribution in [0.25, 0.3) is 0 Å². The molecule has 0 fully saturated rings. The Morgan fingerprint density at radius 1 is 0.810 bits per heavy atom. The Hall–Kier alpha value is -2.20. The van der Waals surface area contributed by atoms with Crippen molar-refractivity contribution >= 4 is 0 Å². The van der Waals surface area contributed by atoms with E-state index in [0.29, 0.717) is 6.79 Å². The molecule has 0 aromatic heterocycles. The molecule has 21 heavy (non-hydrogen) atoms. The van der Waals surface area contributed by atoms with Gasteiger partial charge in [-0.3, -0.25) is 0 Å². The van der Waals surface area contributed by atoms with Crippen LogP contribution in [0.1, 0.15) is 16.7 Å². The number of hydrogen-bond acceptors (Lipinski definition) is 4. The van der Waals surface area contributed by atoms with E-state index < -0.39 is 0 Å². The van der Waals surface area contributed by atoms with E-state index in [-0.39, 0.29) is 0 Å². The summed E-state index contributed by atoms with van der Waals surface area (Å²) in [5.41, 5.74) is 3.81. The van der Waals surface area contributed by atoms with E-state index in [1.807, 2.05) is 12.1 Å². The maximum Gasteiger partial charge on any atom is 0.231 e. The Morgan fingerprint density at radius 3 is 2.48 bits per heavy atom. The molecule has 1 N–H and O–H groups in total. The molecular weight excluding hydrogens is 266 g/mol. The fourth-order valence-electron chi connectivity index (χ4n) is 2.75. The first kappa shape index (κ1) is 12.5. The summed E-state index contributed by atoms with van der Waals surface area (Å²) in [5.74, 6) is 2.70. The lowest BCUT2D eigenvalue weighted by Crippen LogP contribution is -2.12. The summed E-state index contributed by atoms with van der Waals surface area (Å²) >= 11 is 0. The van der Waals surface area contributed by atoms with Crippen LogP contribution in [0, 0.1) is 0 Å². The van der Waals surface area contributed by atoms with Crippen molar-refractivity contribution in [3.63, 3.8) is 0 Å². The zero-order chi connectivity index (χ0) is 14.1. The summed E-state index contributed by atoms with van der Waals surface area (Å²) in [6, 6.07) is 12.5. The molecule has 2 aromatic carbocycles. The molecule has 0 saturated heterocycles. The minimum atomic E-state index is 0.323. The standard InChI is InChI=1S/C17H17NO3/c1-3-15-14(5-6-19-15)7-12(1)9-18-10-13-2-4-16-17(8-13)21-11-20-16/h1-4,7-8,18H,5-6,9-11H2. The van der Waals surface area contributed by atoms with Gasteiger partial charge in [0.05, 0.1) is 6.61 Å². The van der Waals surface area contributed by atoms with Gasteiger partial charge in [-0.05, 0) is 34.9 Å². The first-order valence-electron chi connectivity index (χ1n) is 7.22. The number of ether oxygens (including phenoxy) is 3. The minimum absolute atomic E-state index is 0.323. The van der Waals surface area contributed by atoms with Gasteiger partial charge in [0.15, 0.2) is 11.5 Å². The van der Waals surface area contributed by atoms with Gasteiger partial charge < -0.3 is 19.5 Å². The predicted octanol–water partition coefficient (Wildman–Crippen LogP) is 2.64. The van der Waals surface area contributed by atoms with E-state index in [1.165, 1.54) is 16.7 Å². The number of hydrogen-bond donors (Lipinski definition) is 1. The Balaban J connectivity index is 1.37. The van der Waals surface area contributed by atoms with Gasteiger partial charge in [-0.25, -0.2) is 0 Å². The van der Waals surface area contributed by atoms with Gasteiger partial charge in [-0.15, -0.1) is 0 Å². The lowest BCUT2D eigenvalue weighted by Gasteiger charge is -2.07. The lowest BCUT2D eigenvalue weighted by molar-refractivity contribution is 0.174. The van der Waals surface area contributed by atoms with Gasteiger partial charge in [0.25, 0.3) is 0 Å². The van der Waals surface area contributed by atoms with Gasteiger partial charge in [0.2, 0.25) is 6.79 Å². The molecule has 0 atom stereocenters. The normalized spacial score (nSPS) is 14.9. The van der Waals surface area contributed by atoms with Crippen LogP contribution in [0.4, 0.5) is 0 Å². The quantitative estimate of drug-likeness (QED) is 0.936. The summed E-state index contributed by atoms with van der Waals surface area (Å²) in [4.78, 5) is 0. The van der Waals surface area contributed by atoms with Crippen LogP contribution in [-0.4, -0.2) is 13.4 Å². The molecule has 2 heterocycles. The fraction of sp³-hybridized carbons (Fsp3) is 0.294. The zero-order valence-corrected chi connectivity index (χ0v) is 11.7. The second kappa shape index (κ2) is 5.30. The maximum absolute atomic E-state index is 5.52. The Morgan fingerprint density at radius 2 is 1.57 bits per heavy atom. The van der Waals surface area contributed by atoms with Crippen LogP contribution >= 0.6 is 0 Å². The average Bonchev–Trinajstić information content (AvgIpc) is 3.14.